The van der Waals surface area contributed by atoms with Crippen molar-refractivity contribution in [2.24, 2.45) is 0 Å². The van der Waals surface area contributed by atoms with Crippen molar-refractivity contribution in [2.45, 2.75) is 20.0 Å². The number of nitrogens with one attached hydrogen (secondary N) is 1. The summed E-state index contributed by atoms with van der Waals surface area (Å²) in [5, 5.41) is 22.4. The maximum absolute atomic E-state index is 10.1. The van der Waals surface area contributed by atoms with Crippen LogP contribution >= 0.6 is 0 Å². The topological polar surface area (TPSA) is 68.9 Å². The molecule has 2 aromatic rings. The van der Waals surface area contributed by atoms with Crippen LogP contribution in [0.4, 0.5) is 5.82 Å². The van der Waals surface area contributed by atoms with E-state index in [2.05, 4.69) is 16.4 Å². The molecule has 0 aliphatic carbocycles. The Hall–Kier alpha value is -2.38. The molecule has 2 rings (SSSR count). The highest BCUT2D eigenvalue weighted by atomic mass is 16.3. The molecule has 0 radical (unpaired) electrons. The van der Waals surface area contributed by atoms with Gasteiger partial charge in [-0.25, -0.2) is 4.98 Å². The van der Waals surface area contributed by atoms with Crippen LogP contribution < -0.4 is 5.32 Å². The molecule has 0 bridgehead atoms. The van der Waals surface area contributed by atoms with Crippen LogP contribution in [0, 0.1) is 25.2 Å². The van der Waals surface area contributed by atoms with E-state index in [1.807, 2.05) is 50.2 Å². The maximum Gasteiger partial charge on any atom is 0.144 e. The van der Waals surface area contributed by atoms with Gasteiger partial charge >= 0.3 is 0 Å². The Labute approximate surface area is 118 Å². The highest BCUT2D eigenvalue weighted by Crippen LogP contribution is 2.19. The molecule has 0 fully saturated rings. The first-order valence-corrected chi connectivity index (χ1v) is 6.47. The molecule has 0 aliphatic heterocycles. The van der Waals surface area contributed by atoms with Gasteiger partial charge in [-0.2, -0.15) is 5.26 Å². The van der Waals surface area contributed by atoms with Gasteiger partial charge in [0.05, 0.1) is 11.7 Å². The van der Waals surface area contributed by atoms with Crippen molar-refractivity contribution in [2.75, 3.05) is 11.9 Å². The fraction of sp³-hybridized carbons (Fsp3) is 0.250. The van der Waals surface area contributed by atoms with E-state index in [4.69, 9.17) is 0 Å². The van der Waals surface area contributed by atoms with E-state index >= 15 is 0 Å². The van der Waals surface area contributed by atoms with Crippen molar-refractivity contribution in [3.63, 3.8) is 0 Å². The molecule has 0 amide bonds. The van der Waals surface area contributed by atoms with Crippen molar-refractivity contribution in [1.29, 1.82) is 5.26 Å². The first-order chi connectivity index (χ1) is 9.61. The largest absolute Gasteiger partial charge is 0.387 e. The molecule has 2 N–H and O–H groups in total. The summed E-state index contributed by atoms with van der Waals surface area (Å²) in [6, 6.07) is 13.4. The third-order valence-electron chi connectivity index (χ3n) is 3.10. The van der Waals surface area contributed by atoms with Crippen molar-refractivity contribution >= 4 is 5.82 Å². The number of nitrogens with zero attached hydrogens (tertiary/aromatic N) is 2. The van der Waals surface area contributed by atoms with Gasteiger partial charge in [-0.15, -0.1) is 0 Å². The Bertz CT molecular complexity index is 632. The number of aromatic nitrogens is 1. The number of hydrogen-bond donors (Lipinski definition) is 2. The average Bonchev–Trinajstić information content (AvgIpc) is 2.45. The summed E-state index contributed by atoms with van der Waals surface area (Å²) in [6.07, 6.45) is -0.634. The molecule has 0 aliphatic rings. The lowest BCUT2D eigenvalue weighted by Crippen LogP contribution is -2.14. The summed E-state index contributed by atoms with van der Waals surface area (Å²) in [5.41, 5.74) is 3.09. The molecular formula is C16H17N3O. The van der Waals surface area contributed by atoms with Crippen molar-refractivity contribution < 1.29 is 5.11 Å². The summed E-state index contributed by atoms with van der Waals surface area (Å²) in [7, 11) is 0. The minimum atomic E-state index is -0.634. The average molecular weight is 267 g/mol. The highest BCUT2D eigenvalue weighted by molar-refractivity contribution is 5.56. The van der Waals surface area contributed by atoms with Crippen LogP contribution in [0.5, 0.6) is 0 Å². The van der Waals surface area contributed by atoms with Crippen LogP contribution in [0.1, 0.15) is 28.5 Å². The normalized spacial score (nSPS) is 11.7. The number of aryl methyl sites for hydroxylation is 2. The molecule has 1 aromatic heterocycles. The molecule has 0 spiro atoms. The van der Waals surface area contributed by atoms with Crippen molar-refractivity contribution in [3.8, 4) is 6.07 Å². The fourth-order valence-corrected chi connectivity index (χ4v) is 2.09. The summed E-state index contributed by atoms with van der Waals surface area (Å²) < 4.78 is 0. The number of aliphatic hydroxyl groups excluding tert-OH is 1. The van der Waals surface area contributed by atoms with Crippen LogP contribution in [0.3, 0.4) is 0 Å². The number of hydrogen-bond acceptors (Lipinski definition) is 4. The molecule has 1 heterocycles. The van der Waals surface area contributed by atoms with Crippen molar-refractivity contribution in [1.82, 2.24) is 4.98 Å². The van der Waals surface area contributed by atoms with Gasteiger partial charge in [0.2, 0.25) is 0 Å². The highest BCUT2D eigenvalue weighted by Gasteiger charge is 2.11. The number of pyridine rings is 1. The van der Waals surface area contributed by atoms with Crippen LogP contribution in [0.25, 0.3) is 0 Å². The van der Waals surface area contributed by atoms with Gasteiger partial charge < -0.3 is 10.4 Å². The molecule has 4 nitrogen and oxygen atoms in total. The molecule has 1 atom stereocenters. The summed E-state index contributed by atoms with van der Waals surface area (Å²) >= 11 is 0. The first kappa shape index (κ1) is 14.0. The van der Waals surface area contributed by atoms with Crippen molar-refractivity contribution in [3.05, 3.63) is 58.8 Å². The second-order valence-electron chi connectivity index (χ2n) is 4.72. The van der Waals surface area contributed by atoms with E-state index in [1.54, 1.807) is 0 Å². The van der Waals surface area contributed by atoms with Crippen LogP contribution in [0.15, 0.2) is 36.4 Å². The molecule has 1 aromatic carbocycles. The minimum Gasteiger partial charge on any atom is -0.387 e. The molecule has 20 heavy (non-hydrogen) atoms. The van der Waals surface area contributed by atoms with Gasteiger partial charge in [-0.05, 0) is 31.0 Å². The Morgan fingerprint density at radius 2 is 2.00 bits per heavy atom. The van der Waals surface area contributed by atoms with E-state index in [-0.39, 0.29) is 0 Å². The Balaban J connectivity index is 2.14. The minimum absolute atomic E-state index is 0.314. The maximum atomic E-state index is 10.1. The van der Waals surface area contributed by atoms with E-state index in [1.165, 1.54) is 0 Å². The number of rotatable bonds is 4. The SMILES string of the molecule is Cc1cc(C)c(C#N)c(NCC(O)c2ccccc2)n1. The zero-order valence-electron chi connectivity index (χ0n) is 11.6. The van der Waals surface area contributed by atoms with Crippen LogP contribution in [-0.4, -0.2) is 16.6 Å². The van der Waals surface area contributed by atoms with Gasteiger partial charge in [0.25, 0.3) is 0 Å². The fourth-order valence-electron chi connectivity index (χ4n) is 2.09. The Kier molecular flexibility index (Phi) is 4.34. The summed E-state index contributed by atoms with van der Waals surface area (Å²) in [5.74, 6) is 0.528. The zero-order chi connectivity index (χ0) is 14.5. The zero-order valence-corrected chi connectivity index (χ0v) is 11.6. The Morgan fingerprint density at radius 1 is 1.30 bits per heavy atom. The lowest BCUT2D eigenvalue weighted by atomic mass is 10.1. The van der Waals surface area contributed by atoms with Gasteiger partial charge in [-0.1, -0.05) is 30.3 Å². The van der Waals surface area contributed by atoms with Crippen LogP contribution in [0.2, 0.25) is 0 Å². The van der Waals surface area contributed by atoms with E-state index in [0.717, 1.165) is 16.8 Å². The van der Waals surface area contributed by atoms with E-state index in [0.29, 0.717) is 17.9 Å². The standard InChI is InChI=1S/C16H17N3O/c1-11-8-12(2)19-16(14(11)9-17)18-10-15(20)13-6-4-3-5-7-13/h3-8,15,20H,10H2,1-2H3,(H,18,19). The first-order valence-electron chi connectivity index (χ1n) is 6.47. The number of nitriles is 1. The number of aliphatic hydroxyl groups is 1. The predicted octanol–water partition coefficient (Wildman–Crippen LogP) is 2.72. The summed E-state index contributed by atoms with van der Waals surface area (Å²) in [4.78, 5) is 4.33. The lowest BCUT2D eigenvalue weighted by molar-refractivity contribution is 0.191. The van der Waals surface area contributed by atoms with Gasteiger partial charge in [0, 0.05) is 12.2 Å². The molecule has 1 unspecified atom stereocenters. The predicted molar refractivity (Wildman–Crippen MR) is 78.3 cm³/mol. The van der Waals surface area contributed by atoms with Crippen LogP contribution in [-0.2, 0) is 0 Å². The number of anilines is 1. The van der Waals surface area contributed by atoms with E-state index in [9.17, 15) is 10.4 Å². The third kappa shape index (κ3) is 3.14. The van der Waals surface area contributed by atoms with Gasteiger partial charge in [-0.3, -0.25) is 0 Å². The number of benzene rings is 1. The van der Waals surface area contributed by atoms with Gasteiger partial charge in [0.15, 0.2) is 0 Å². The molecular weight excluding hydrogens is 250 g/mol. The molecule has 0 saturated carbocycles. The molecule has 0 saturated heterocycles. The van der Waals surface area contributed by atoms with Gasteiger partial charge in [0.1, 0.15) is 11.9 Å². The second-order valence-corrected chi connectivity index (χ2v) is 4.72. The quantitative estimate of drug-likeness (QED) is 0.893. The molecule has 4 heteroatoms. The lowest BCUT2D eigenvalue weighted by Gasteiger charge is -2.14. The smallest absolute Gasteiger partial charge is 0.144 e. The monoisotopic (exact) mass is 267 g/mol. The molecule has 102 valence electrons. The van der Waals surface area contributed by atoms with E-state index < -0.39 is 6.10 Å². The third-order valence-corrected chi connectivity index (χ3v) is 3.10. The summed E-state index contributed by atoms with van der Waals surface area (Å²) in [6.45, 7) is 4.08. The Morgan fingerprint density at radius 3 is 2.65 bits per heavy atom. The second kappa shape index (κ2) is 6.18.